The van der Waals surface area contributed by atoms with Gasteiger partial charge in [0.2, 0.25) is 10.0 Å². The van der Waals surface area contributed by atoms with E-state index in [2.05, 4.69) is 4.72 Å². The van der Waals surface area contributed by atoms with Gasteiger partial charge in [-0.15, -0.1) is 0 Å². The van der Waals surface area contributed by atoms with Gasteiger partial charge in [-0.05, 0) is 59.5 Å². The predicted molar refractivity (Wildman–Crippen MR) is 127 cm³/mol. The van der Waals surface area contributed by atoms with E-state index in [1.165, 1.54) is 33.5 Å². The van der Waals surface area contributed by atoms with Crippen LogP contribution in [0.1, 0.15) is 30.4 Å². The number of anilines is 1. The quantitative estimate of drug-likeness (QED) is 0.382. The second-order valence-electron chi connectivity index (χ2n) is 7.95. The second-order valence-corrected chi connectivity index (χ2v) is 11.3. The molecule has 0 heterocycles. The molecule has 3 rings (SSSR count). The average molecular weight is 599 g/mol. The molecule has 1 saturated carbocycles. The van der Waals surface area contributed by atoms with E-state index in [9.17, 15) is 21.6 Å². The van der Waals surface area contributed by atoms with Crippen LogP contribution in [-0.2, 0) is 25.9 Å². The second kappa shape index (κ2) is 10.4. The van der Waals surface area contributed by atoms with Crippen molar-refractivity contribution in [2.24, 2.45) is 0 Å². The van der Waals surface area contributed by atoms with Gasteiger partial charge in [0.15, 0.2) is 11.6 Å². The van der Waals surface area contributed by atoms with Crippen LogP contribution in [0.5, 0.6) is 5.75 Å². The van der Waals surface area contributed by atoms with E-state index in [0.29, 0.717) is 16.4 Å². The Hall–Kier alpha value is -1.57. The molecule has 2 aromatic carbocycles. The van der Waals surface area contributed by atoms with Gasteiger partial charge in [-0.2, -0.15) is 0 Å². The fraction of sp³-hybridized carbons (Fsp3) is 0.455. The van der Waals surface area contributed by atoms with Crippen molar-refractivity contribution in [2.75, 3.05) is 32.7 Å². The number of benzene rings is 2. The van der Waals surface area contributed by atoms with Gasteiger partial charge in [-0.1, -0.05) is 6.07 Å². The molecular weight excluding hydrogens is 574 g/mol. The first-order valence-electron chi connectivity index (χ1n) is 10.1. The minimum Gasteiger partial charge on any atom is -0.494 e. The number of ether oxygens (including phenoxy) is 3. The highest BCUT2D eigenvalue weighted by Gasteiger charge is 2.56. The zero-order valence-electron chi connectivity index (χ0n) is 18.4. The summed E-state index contributed by atoms with van der Waals surface area (Å²) in [6.07, 6.45) is 0.0802. The van der Waals surface area contributed by atoms with Gasteiger partial charge in [0, 0.05) is 35.8 Å². The molecule has 0 saturated heterocycles. The summed E-state index contributed by atoms with van der Waals surface area (Å²) < 4.78 is 87.9. The lowest BCUT2D eigenvalue weighted by molar-refractivity contribution is 0.0218. The van der Waals surface area contributed by atoms with Gasteiger partial charge in [0.05, 0.1) is 30.3 Å². The van der Waals surface area contributed by atoms with Crippen LogP contribution in [-0.4, -0.2) is 47.2 Å². The van der Waals surface area contributed by atoms with E-state index in [1.54, 1.807) is 6.07 Å². The molecule has 1 N–H and O–H groups in total. The topological polar surface area (TPSA) is 73.9 Å². The molecule has 0 unspecified atom stereocenters. The Labute approximate surface area is 205 Å². The smallest absolute Gasteiger partial charge is 0.238 e. The maximum absolute atomic E-state index is 14.9. The van der Waals surface area contributed by atoms with Crippen molar-refractivity contribution in [1.82, 2.24) is 0 Å². The normalized spacial score (nSPS) is 15.8. The molecule has 0 aliphatic heterocycles. The number of hydrogen-bond acceptors (Lipinski definition) is 5. The number of hydrogen-bond donors (Lipinski definition) is 1. The van der Waals surface area contributed by atoms with E-state index in [-0.39, 0.29) is 42.0 Å². The standard InChI is InChI=1S/C22H25F3INO5S/c1-30-12-15(31-2)11-22(6-7-22)33(28,29)27-21-16(20(25)18(24)10-19(21)32-3)8-13-4-5-14(26)9-17(13)23/h4-5,9-10,15,27H,6-8,11-12H2,1-3H3/t15-/m1/s1. The largest absolute Gasteiger partial charge is 0.494 e. The third-order valence-corrected chi connectivity index (χ3v) is 8.64. The van der Waals surface area contributed by atoms with E-state index < -0.39 is 38.3 Å². The lowest BCUT2D eigenvalue weighted by Crippen LogP contribution is -2.35. The van der Waals surface area contributed by atoms with E-state index in [4.69, 9.17) is 14.2 Å². The lowest BCUT2D eigenvalue weighted by Gasteiger charge is -2.24. The lowest BCUT2D eigenvalue weighted by atomic mass is 10.0. The first-order valence-corrected chi connectivity index (χ1v) is 12.7. The molecule has 0 radical (unpaired) electrons. The highest BCUT2D eigenvalue weighted by atomic mass is 127. The fourth-order valence-electron chi connectivity index (χ4n) is 3.72. The zero-order valence-corrected chi connectivity index (χ0v) is 21.4. The molecule has 2 aromatic rings. The molecule has 0 aromatic heterocycles. The van der Waals surface area contributed by atoms with Gasteiger partial charge in [0.25, 0.3) is 0 Å². The van der Waals surface area contributed by atoms with Gasteiger partial charge in [0.1, 0.15) is 11.6 Å². The van der Waals surface area contributed by atoms with Gasteiger partial charge in [-0.3, -0.25) is 4.72 Å². The molecule has 1 aliphatic carbocycles. The zero-order chi connectivity index (χ0) is 24.4. The van der Waals surface area contributed by atoms with Crippen LogP contribution < -0.4 is 9.46 Å². The molecule has 182 valence electrons. The molecule has 0 spiro atoms. The molecule has 33 heavy (non-hydrogen) atoms. The Bertz CT molecular complexity index is 1130. The summed E-state index contributed by atoms with van der Waals surface area (Å²) in [6, 6.07) is 5.09. The predicted octanol–water partition coefficient (Wildman–Crippen LogP) is 4.63. The third kappa shape index (κ3) is 5.57. The Kier molecular flexibility index (Phi) is 8.18. The van der Waals surface area contributed by atoms with Crippen LogP contribution >= 0.6 is 22.6 Å². The SMILES string of the molecule is COC[C@@H](CC1(S(=O)(=O)Nc2c(OC)cc(F)c(F)c2Cc2ccc(I)cc2F)CC1)OC. The number of halogens is 4. The van der Waals surface area contributed by atoms with Crippen LogP contribution in [0.3, 0.4) is 0 Å². The summed E-state index contributed by atoms with van der Waals surface area (Å²) in [5.41, 5.74) is -0.504. The van der Waals surface area contributed by atoms with Crippen molar-refractivity contribution in [3.63, 3.8) is 0 Å². The van der Waals surface area contributed by atoms with Crippen molar-refractivity contribution >= 4 is 38.3 Å². The molecule has 1 aliphatic rings. The summed E-state index contributed by atoms with van der Waals surface area (Å²) in [4.78, 5) is 0. The molecule has 0 amide bonds. The first kappa shape index (κ1) is 26.0. The van der Waals surface area contributed by atoms with E-state index in [1.807, 2.05) is 22.6 Å². The summed E-state index contributed by atoms with van der Waals surface area (Å²) in [7, 11) is 0.0965. The van der Waals surface area contributed by atoms with Crippen molar-refractivity contribution in [3.8, 4) is 5.75 Å². The fourth-order valence-corrected chi connectivity index (χ4v) is 5.93. The van der Waals surface area contributed by atoms with Crippen LogP contribution in [0.2, 0.25) is 0 Å². The third-order valence-electron chi connectivity index (χ3n) is 5.78. The maximum Gasteiger partial charge on any atom is 0.238 e. The minimum atomic E-state index is -4.07. The molecule has 1 atom stereocenters. The van der Waals surface area contributed by atoms with Gasteiger partial charge < -0.3 is 14.2 Å². The van der Waals surface area contributed by atoms with Crippen molar-refractivity contribution in [2.45, 2.75) is 36.5 Å². The number of methoxy groups -OCH3 is 3. The summed E-state index contributed by atoms with van der Waals surface area (Å²) in [5, 5.41) is 0. The molecule has 6 nitrogen and oxygen atoms in total. The van der Waals surface area contributed by atoms with Crippen LogP contribution in [0.15, 0.2) is 24.3 Å². The van der Waals surface area contributed by atoms with E-state index in [0.717, 1.165) is 6.07 Å². The summed E-state index contributed by atoms with van der Waals surface area (Å²) in [6.45, 7) is 0.208. The number of rotatable bonds is 11. The first-order chi connectivity index (χ1) is 15.6. The van der Waals surface area contributed by atoms with Crippen molar-refractivity contribution < 1.29 is 35.8 Å². The monoisotopic (exact) mass is 599 g/mol. The molecular formula is C22H25F3INO5S. The molecule has 0 bridgehead atoms. The Balaban J connectivity index is 2.02. The van der Waals surface area contributed by atoms with Crippen LogP contribution in [0.25, 0.3) is 0 Å². The Morgan fingerprint density at radius 1 is 1.12 bits per heavy atom. The van der Waals surface area contributed by atoms with Gasteiger partial charge in [-0.25, -0.2) is 21.6 Å². The van der Waals surface area contributed by atoms with Gasteiger partial charge >= 0.3 is 0 Å². The number of nitrogens with one attached hydrogen (secondary N) is 1. The summed E-state index contributed by atoms with van der Waals surface area (Å²) >= 11 is 1.93. The molecule has 11 heteroatoms. The number of sulfonamides is 1. The highest BCUT2D eigenvalue weighted by molar-refractivity contribution is 14.1. The van der Waals surface area contributed by atoms with E-state index >= 15 is 0 Å². The van der Waals surface area contributed by atoms with Crippen LogP contribution in [0, 0.1) is 21.0 Å². The minimum absolute atomic E-state index is 0.0862. The van der Waals surface area contributed by atoms with Crippen molar-refractivity contribution in [1.29, 1.82) is 0 Å². The summed E-state index contributed by atoms with van der Waals surface area (Å²) in [5.74, 6) is -3.31. The highest BCUT2D eigenvalue weighted by Crippen LogP contribution is 2.49. The Morgan fingerprint density at radius 2 is 1.82 bits per heavy atom. The maximum atomic E-state index is 14.9. The van der Waals surface area contributed by atoms with Crippen LogP contribution in [0.4, 0.5) is 18.9 Å². The van der Waals surface area contributed by atoms with Crippen molar-refractivity contribution in [3.05, 3.63) is 56.4 Å². The average Bonchev–Trinajstić information content (AvgIpc) is 3.55. The molecule has 1 fully saturated rings. The Morgan fingerprint density at radius 3 is 2.36 bits per heavy atom.